The van der Waals surface area contributed by atoms with Gasteiger partial charge in [0.1, 0.15) is 21.2 Å². The second-order valence-corrected chi connectivity index (χ2v) is 21.4. The van der Waals surface area contributed by atoms with Crippen molar-refractivity contribution in [3.63, 3.8) is 0 Å². The number of rotatable bonds is 14. The monoisotopic (exact) mass is 1110 g/mol. The van der Waals surface area contributed by atoms with Gasteiger partial charge < -0.3 is 26.2 Å². The molecule has 0 bridgehead atoms. The number of halogens is 2. The summed E-state index contributed by atoms with van der Waals surface area (Å²) < 4.78 is 137. The molecule has 5 aromatic carbocycles. The number of Topliss-reactive ketones (excluding diaryl/α,β-unsaturated/α-hetero) is 2. The summed E-state index contributed by atoms with van der Waals surface area (Å²) in [7, 11) is -20.2. The van der Waals surface area contributed by atoms with Crippen molar-refractivity contribution in [3.05, 3.63) is 133 Å². The molecule has 0 radical (unpaired) electrons. The normalized spacial score (nSPS) is 15.0. The average molecular weight is 1120 g/mol. The number of aromatic hydroxyl groups is 2. The van der Waals surface area contributed by atoms with Crippen LogP contribution in [0.2, 0.25) is 10.0 Å². The number of phenolic OH excluding ortho intramolecular Hbond substituents is 2. The molecule has 0 unspecified atom stereocenters. The van der Waals surface area contributed by atoms with Crippen molar-refractivity contribution >= 4 is 145 Å². The second kappa shape index (κ2) is 19.3. The van der Waals surface area contributed by atoms with E-state index in [2.05, 4.69) is 52.0 Å². The Morgan fingerprint density at radius 3 is 1.19 bits per heavy atom. The van der Waals surface area contributed by atoms with Gasteiger partial charge in [-0.15, -0.1) is 0 Å². The van der Waals surface area contributed by atoms with E-state index in [0.29, 0.717) is 30.0 Å². The predicted molar refractivity (Wildman–Crippen MR) is 265 cm³/mol. The minimum absolute atomic E-state index is 0.0693. The quantitative estimate of drug-likeness (QED) is 0.0333. The molecule has 0 aliphatic heterocycles. The van der Waals surface area contributed by atoms with E-state index in [1.165, 1.54) is 36.4 Å². The van der Waals surface area contributed by atoms with Crippen molar-refractivity contribution in [2.24, 2.45) is 10.2 Å². The van der Waals surface area contributed by atoms with E-state index in [9.17, 15) is 71.7 Å². The van der Waals surface area contributed by atoms with E-state index in [-0.39, 0.29) is 51.5 Å². The smallest absolute Gasteiger partial charge is 0.296 e. The Kier molecular flexibility index (Phi) is 13.6. The van der Waals surface area contributed by atoms with Crippen molar-refractivity contribution in [1.29, 1.82) is 0 Å². The number of benzene rings is 5. The molecule has 6 aromatic rings. The fourth-order valence-corrected chi connectivity index (χ4v) is 9.69. The van der Waals surface area contributed by atoms with Gasteiger partial charge in [-0.2, -0.15) is 58.8 Å². The maximum Gasteiger partial charge on any atom is 0.296 e. The molecule has 0 amide bonds. The zero-order valence-corrected chi connectivity index (χ0v) is 40.5. The number of allylic oxidation sites excluding steroid dienone is 2. The van der Waals surface area contributed by atoms with Gasteiger partial charge in [-0.05, 0) is 96.1 Å². The molecule has 0 saturated heterocycles. The number of hydrogen-bond acceptors (Lipinski definition) is 22. The summed E-state index contributed by atoms with van der Waals surface area (Å²) in [4.78, 5) is 37.0. The number of hydrogen-bond donors (Lipinski definition) is 11. The molecule has 0 saturated carbocycles. The summed E-state index contributed by atoms with van der Waals surface area (Å²) in [5.41, 5.74) is 1.65. The molecule has 73 heavy (non-hydrogen) atoms. The lowest BCUT2D eigenvalue weighted by Crippen LogP contribution is -2.27. The number of hydrazone groups is 2. The van der Waals surface area contributed by atoms with Gasteiger partial charge in [0.2, 0.25) is 29.4 Å². The Hall–Kier alpha value is -7.91. The van der Waals surface area contributed by atoms with Crippen molar-refractivity contribution in [2.45, 2.75) is 9.79 Å². The molecule has 26 nitrogen and oxygen atoms in total. The Bertz CT molecular complexity index is 3760. The van der Waals surface area contributed by atoms with Crippen molar-refractivity contribution in [3.8, 4) is 11.5 Å². The summed E-state index contributed by atoms with van der Waals surface area (Å²) in [6, 6.07) is 19.1. The number of aromatic nitrogens is 3. The van der Waals surface area contributed by atoms with E-state index in [1.807, 2.05) is 0 Å². The maximum atomic E-state index is 13.7. The van der Waals surface area contributed by atoms with Crippen LogP contribution in [0.25, 0.3) is 12.2 Å². The highest BCUT2D eigenvalue weighted by atomic mass is 35.5. The number of anilines is 8. The first-order chi connectivity index (χ1) is 34.1. The largest absolute Gasteiger partial charge is 0.504 e. The summed E-state index contributed by atoms with van der Waals surface area (Å²) >= 11 is 11.8. The third-order valence-corrected chi connectivity index (χ3v) is 14.0. The lowest BCUT2D eigenvalue weighted by molar-refractivity contribution is 0.105. The first kappa shape index (κ1) is 51.4. The van der Waals surface area contributed by atoms with Gasteiger partial charge in [-0.1, -0.05) is 41.4 Å². The number of carbonyl (C=O) groups is 2. The number of fused-ring (bicyclic) bond motifs is 2. The van der Waals surface area contributed by atoms with E-state index >= 15 is 0 Å². The number of nitrogens with zero attached hydrogens (tertiary/aromatic N) is 5. The third kappa shape index (κ3) is 11.3. The Morgan fingerprint density at radius 2 is 0.836 bits per heavy atom. The molecular weight excluding hydrogens is 1090 g/mol. The topological polar surface area (TPSA) is 416 Å². The van der Waals surface area contributed by atoms with Gasteiger partial charge in [0.15, 0.2) is 22.9 Å². The van der Waals surface area contributed by atoms with Gasteiger partial charge in [-0.25, -0.2) is 0 Å². The molecule has 0 spiro atoms. The highest BCUT2D eigenvalue weighted by molar-refractivity contribution is 7.91. The van der Waals surface area contributed by atoms with Gasteiger partial charge in [0.05, 0.1) is 19.8 Å². The third-order valence-electron chi connectivity index (χ3n) is 10.0. The van der Waals surface area contributed by atoms with Crippen LogP contribution in [-0.2, 0) is 40.5 Å². The highest BCUT2D eigenvalue weighted by Gasteiger charge is 2.35. The predicted octanol–water partition coefficient (Wildman–Crippen LogP) is 6.10. The molecule has 2 aliphatic carbocycles. The van der Waals surface area contributed by atoms with Crippen LogP contribution >= 0.6 is 23.2 Å². The molecule has 11 N–H and O–H groups in total. The Balaban J connectivity index is 1.11. The van der Waals surface area contributed by atoms with E-state index in [1.54, 1.807) is 30.3 Å². The SMILES string of the molecule is O=C1C(=NNc2cc(S(=O)(=O)O)cc(Cl)c2O)C(S(=O)(=O)O)=Cc2cc(Nc3nc(Nc4ccccc4)nc(Nc4ccc5c(c4)C=C(S(=O)(=O)O)C(=NNc4cc(S(=O)(=O)O)cc(Cl)c4O)C5=O)n3)ccc21. The number of nitrogens with one attached hydrogen (secondary N) is 5. The molecule has 376 valence electrons. The first-order valence-electron chi connectivity index (χ1n) is 19.7. The summed E-state index contributed by atoms with van der Waals surface area (Å²) in [6.45, 7) is 0. The van der Waals surface area contributed by atoms with Crippen LogP contribution in [0.4, 0.5) is 46.3 Å². The Morgan fingerprint density at radius 1 is 0.466 bits per heavy atom. The van der Waals surface area contributed by atoms with Crippen LogP contribution in [0, 0.1) is 0 Å². The van der Waals surface area contributed by atoms with Crippen LogP contribution in [0.1, 0.15) is 31.8 Å². The van der Waals surface area contributed by atoms with Gasteiger partial charge in [0, 0.05) is 28.2 Å². The number of phenols is 2. The zero-order chi connectivity index (χ0) is 52.9. The van der Waals surface area contributed by atoms with E-state index in [4.69, 9.17) is 23.2 Å². The molecule has 0 atom stereocenters. The van der Waals surface area contributed by atoms with Gasteiger partial charge in [0.25, 0.3) is 40.5 Å². The molecule has 0 fully saturated rings. The van der Waals surface area contributed by atoms with E-state index in [0.717, 1.165) is 12.2 Å². The van der Waals surface area contributed by atoms with E-state index < -0.39 is 116 Å². The number of para-hydroxylation sites is 1. The number of carbonyl (C=O) groups excluding carboxylic acids is 2. The zero-order valence-electron chi connectivity index (χ0n) is 35.7. The highest BCUT2D eigenvalue weighted by Crippen LogP contribution is 2.38. The van der Waals surface area contributed by atoms with Crippen molar-refractivity contribution in [1.82, 2.24) is 15.0 Å². The lowest BCUT2D eigenvalue weighted by atomic mass is 9.94. The first-order valence-corrected chi connectivity index (χ1v) is 26.2. The minimum Gasteiger partial charge on any atom is -0.504 e. The molecule has 2 aliphatic rings. The fourth-order valence-electron chi connectivity index (χ4n) is 6.74. The van der Waals surface area contributed by atoms with Gasteiger partial charge >= 0.3 is 0 Å². The van der Waals surface area contributed by atoms with Crippen molar-refractivity contribution in [2.75, 3.05) is 26.8 Å². The van der Waals surface area contributed by atoms with Crippen LogP contribution in [0.15, 0.2) is 121 Å². The molecular formula is C41H28Cl2N10O16S4. The summed E-state index contributed by atoms with van der Waals surface area (Å²) in [5.74, 6) is -4.15. The standard InChI is InChI=1S/C41H28Cl2N10O16S4/c42-27-14-23(70(58,59)60)16-29(37(27)56)50-52-33-31(72(64,65)66)12-18-10-21(6-8-25(18)35(33)54)45-40-47-39(44-20-4-2-1-3-5-20)48-41(49-40)46-22-7-9-26-19(11-22)13-32(73(67,68)69)34(36(26)55)53-51-30-17-24(71(61,62)63)15-28(43)38(30)57/h1-17,50-51,56-57H,(H,58,59,60)(H,61,62,63)(H,64,65,66)(H,67,68,69)(H3,44,45,46,47,48,49). The maximum absolute atomic E-state index is 13.7. The minimum atomic E-state index is -5.22. The Labute approximate surface area is 420 Å². The van der Waals surface area contributed by atoms with Crippen LogP contribution < -0.4 is 26.8 Å². The molecule has 1 heterocycles. The van der Waals surface area contributed by atoms with Gasteiger partial charge in [-0.3, -0.25) is 38.7 Å². The number of ketones is 2. The fraction of sp³-hybridized carbons (Fsp3) is 0. The molecule has 32 heteroatoms. The summed E-state index contributed by atoms with van der Waals surface area (Å²) in [6.07, 6.45) is 1.78. The lowest BCUT2D eigenvalue weighted by Gasteiger charge is -2.18. The van der Waals surface area contributed by atoms with Crippen LogP contribution in [0.5, 0.6) is 11.5 Å². The summed E-state index contributed by atoms with van der Waals surface area (Å²) in [5, 5.41) is 35.8. The second-order valence-electron chi connectivity index (χ2n) is 15.0. The average Bonchev–Trinajstić information content (AvgIpc) is 3.29. The van der Waals surface area contributed by atoms with Crippen LogP contribution in [-0.4, -0.2) is 100 Å². The van der Waals surface area contributed by atoms with Crippen molar-refractivity contribution < 1.29 is 71.7 Å². The molecule has 8 rings (SSSR count). The van der Waals surface area contributed by atoms with Crippen LogP contribution in [0.3, 0.4) is 0 Å². The molecule has 1 aromatic heterocycles.